The monoisotopic (exact) mass is 216 g/mol. The minimum atomic E-state index is 0.334. The molecule has 0 spiro atoms. The summed E-state index contributed by atoms with van der Waals surface area (Å²) in [4.78, 5) is 2.21. The summed E-state index contributed by atoms with van der Waals surface area (Å²) in [6.07, 6.45) is 2.52. The highest BCUT2D eigenvalue weighted by atomic mass is 16.7. The molecule has 4 nitrogen and oxygen atoms in total. The molecule has 0 saturated carbocycles. The molecule has 1 saturated heterocycles. The largest absolute Gasteiger partial charge is 0.355 e. The Morgan fingerprint density at radius 2 is 2.27 bits per heavy atom. The van der Waals surface area contributed by atoms with Gasteiger partial charge in [0.05, 0.1) is 12.7 Å². The Labute approximate surface area is 92.9 Å². The first-order valence-electron chi connectivity index (χ1n) is 5.76. The van der Waals surface area contributed by atoms with E-state index in [1.165, 1.54) is 6.42 Å². The first-order valence-corrected chi connectivity index (χ1v) is 5.76. The van der Waals surface area contributed by atoms with Crippen molar-refractivity contribution in [2.45, 2.75) is 31.9 Å². The number of hydrogen-bond acceptors (Lipinski definition) is 4. The Kier molecular flexibility index (Phi) is 6.17. The van der Waals surface area contributed by atoms with Gasteiger partial charge >= 0.3 is 0 Å². The Bertz CT molecular complexity index is 159. The van der Waals surface area contributed by atoms with Crippen LogP contribution in [0.3, 0.4) is 0 Å². The maximum absolute atomic E-state index is 5.46. The fourth-order valence-electron chi connectivity index (χ4n) is 1.55. The minimum Gasteiger partial charge on any atom is -0.355 e. The number of ether oxygens (including phenoxy) is 2. The van der Waals surface area contributed by atoms with Gasteiger partial charge in [0.25, 0.3) is 0 Å². The molecule has 4 heteroatoms. The zero-order valence-electron chi connectivity index (χ0n) is 10.2. The van der Waals surface area contributed by atoms with Crippen LogP contribution in [0.2, 0.25) is 0 Å². The molecule has 15 heavy (non-hydrogen) atoms. The predicted octanol–water partition coefficient (Wildman–Crippen LogP) is 0.679. The molecule has 90 valence electrons. The van der Waals surface area contributed by atoms with E-state index < -0.39 is 0 Å². The highest BCUT2D eigenvalue weighted by Gasteiger charge is 2.14. The number of rotatable bonds is 6. The van der Waals surface area contributed by atoms with Crippen molar-refractivity contribution in [2.75, 3.05) is 40.6 Å². The SMILES string of the molecule is CC(CCN(C)C)NCC1CCOCO1. The van der Waals surface area contributed by atoms with E-state index in [1.54, 1.807) is 0 Å². The second kappa shape index (κ2) is 7.17. The third-order valence-electron chi connectivity index (χ3n) is 2.67. The van der Waals surface area contributed by atoms with E-state index in [2.05, 4.69) is 31.2 Å². The van der Waals surface area contributed by atoms with E-state index in [-0.39, 0.29) is 0 Å². The van der Waals surface area contributed by atoms with Crippen molar-refractivity contribution in [3.63, 3.8) is 0 Å². The fourth-order valence-corrected chi connectivity index (χ4v) is 1.55. The van der Waals surface area contributed by atoms with E-state index in [4.69, 9.17) is 9.47 Å². The van der Waals surface area contributed by atoms with Crippen molar-refractivity contribution in [1.82, 2.24) is 10.2 Å². The van der Waals surface area contributed by atoms with Crippen LogP contribution in [0.25, 0.3) is 0 Å². The molecule has 0 aromatic heterocycles. The average Bonchev–Trinajstić information content (AvgIpc) is 2.25. The van der Waals surface area contributed by atoms with E-state index in [1.807, 2.05) is 0 Å². The third kappa shape index (κ3) is 6.10. The van der Waals surface area contributed by atoms with Gasteiger partial charge in [-0.1, -0.05) is 0 Å². The molecule has 1 rings (SSSR count). The van der Waals surface area contributed by atoms with Crippen LogP contribution in [-0.4, -0.2) is 57.6 Å². The summed E-state index contributed by atoms with van der Waals surface area (Å²) in [5.74, 6) is 0. The summed E-state index contributed by atoms with van der Waals surface area (Å²) < 4.78 is 10.6. The lowest BCUT2D eigenvalue weighted by Crippen LogP contribution is -2.39. The van der Waals surface area contributed by atoms with Crippen LogP contribution in [0.5, 0.6) is 0 Å². The molecule has 1 heterocycles. The first-order chi connectivity index (χ1) is 7.18. The van der Waals surface area contributed by atoms with Crippen molar-refractivity contribution >= 4 is 0 Å². The van der Waals surface area contributed by atoms with Gasteiger partial charge < -0.3 is 19.7 Å². The minimum absolute atomic E-state index is 0.334. The smallest absolute Gasteiger partial charge is 0.147 e. The summed E-state index contributed by atoms with van der Waals surface area (Å²) in [6.45, 7) is 5.58. The van der Waals surface area contributed by atoms with Crippen molar-refractivity contribution in [1.29, 1.82) is 0 Å². The second-order valence-corrected chi connectivity index (χ2v) is 4.50. The molecule has 0 aliphatic carbocycles. The molecule has 1 aliphatic heterocycles. The molecule has 1 fully saturated rings. The summed E-state index contributed by atoms with van der Waals surface area (Å²) in [5, 5.41) is 3.50. The Hall–Kier alpha value is -0.160. The summed E-state index contributed by atoms with van der Waals surface area (Å²) in [5.41, 5.74) is 0. The normalized spacial score (nSPS) is 24.4. The van der Waals surface area contributed by atoms with Crippen LogP contribution in [0.15, 0.2) is 0 Å². The summed E-state index contributed by atoms with van der Waals surface area (Å²) >= 11 is 0. The standard InChI is InChI=1S/C11H24N2O2/c1-10(4-6-13(2)3)12-8-11-5-7-14-9-15-11/h10-12H,4-9H2,1-3H3. The van der Waals surface area contributed by atoms with Crippen LogP contribution in [0.4, 0.5) is 0 Å². The molecule has 0 aromatic rings. The quantitative estimate of drug-likeness (QED) is 0.708. The third-order valence-corrected chi connectivity index (χ3v) is 2.67. The summed E-state index contributed by atoms with van der Waals surface area (Å²) in [7, 11) is 4.21. The van der Waals surface area contributed by atoms with Crippen LogP contribution in [0.1, 0.15) is 19.8 Å². The molecule has 1 aliphatic rings. The van der Waals surface area contributed by atoms with Gasteiger partial charge in [-0.2, -0.15) is 0 Å². The van der Waals surface area contributed by atoms with E-state index in [0.717, 1.165) is 26.1 Å². The lowest BCUT2D eigenvalue weighted by molar-refractivity contribution is -0.137. The van der Waals surface area contributed by atoms with Gasteiger partial charge in [-0.25, -0.2) is 0 Å². The zero-order valence-corrected chi connectivity index (χ0v) is 10.2. The van der Waals surface area contributed by atoms with Crippen LogP contribution < -0.4 is 5.32 Å². The fraction of sp³-hybridized carbons (Fsp3) is 1.00. The maximum Gasteiger partial charge on any atom is 0.147 e. The van der Waals surface area contributed by atoms with Crippen LogP contribution >= 0.6 is 0 Å². The van der Waals surface area contributed by atoms with Gasteiger partial charge in [-0.05, 0) is 40.4 Å². The molecule has 0 aromatic carbocycles. The lowest BCUT2D eigenvalue weighted by Gasteiger charge is -2.25. The summed E-state index contributed by atoms with van der Waals surface area (Å²) in [6, 6.07) is 0.554. The Morgan fingerprint density at radius 3 is 2.87 bits per heavy atom. The Morgan fingerprint density at radius 1 is 1.47 bits per heavy atom. The average molecular weight is 216 g/mol. The molecule has 1 N–H and O–H groups in total. The van der Waals surface area contributed by atoms with Crippen molar-refractivity contribution in [3.05, 3.63) is 0 Å². The number of hydrogen-bond donors (Lipinski definition) is 1. The van der Waals surface area contributed by atoms with Gasteiger partial charge in [-0.3, -0.25) is 0 Å². The van der Waals surface area contributed by atoms with Gasteiger partial charge in [0.2, 0.25) is 0 Å². The molecular weight excluding hydrogens is 192 g/mol. The van der Waals surface area contributed by atoms with E-state index in [0.29, 0.717) is 18.9 Å². The van der Waals surface area contributed by atoms with Crippen molar-refractivity contribution < 1.29 is 9.47 Å². The number of nitrogens with zero attached hydrogens (tertiary/aromatic N) is 1. The van der Waals surface area contributed by atoms with Crippen molar-refractivity contribution in [2.24, 2.45) is 0 Å². The van der Waals surface area contributed by atoms with E-state index in [9.17, 15) is 0 Å². The maximum atomic E-state index is 5.46. The molecule has 2 atom stereocenters. The Balaban J connectivity index is 2.02. The molecule has 0 amide bonds. The molecule has 0 radical (unpaired) electrons. The molecular formula is C11H24N2O2. The van der Waals surface area contributed by atoms with Crippen molar-refractivity contribution in [3.8, 4) is 0 Å². The van der Waals surface area contributed by atoms with Gasteiger partial charge in [0.15, 0.2) is 0 Å². The molecule has 0 bridgehead atoms. The topological polar surface area (TPSA) is 33.7 Å². The lowest BCUT2D eigenvalue weighted by atomic mass is 10.2. The van der Waals surface area contributed by atoms with Gasteiger partial charge in [-0.15, -0.1) is 0 Å². The van der Waals surface area contributed by atoms with E-state index >= 15 is 0 Å². The zero-order chi connectivity index (χ0) is 11.1. The molecule has 2 unspecified atom stereocenters. The number of nitrogens with one attached hydrogen (secondary N) is 1. The van der Waals surface area contributed by atoms with Gasteiger partial charge in [0, 0.05) is 12.6 Å². The van der Waals surface area contributed by atoms with Crippen LogP contribution in [-0.2, 0) is 9.47 Å². The highest BCUT2D eigenvalue weighted by Crippen LogP contribution is 2.05. The highest BCUT2D eigenvalue weighted by molar-refractivity contribution is 4.68. The first kappa shape index (κ1) is 12.9. The predicted molar refractivity (Wildman–Crippen MR) is 60.9 cm³/mol. The van der Waals surface area contributed by atoms with Crippen LogP contribution in [0, 0.1) is 0 Å². The van der Waals surface area contributed by atoms with Gasteiger partial charge in [0.1, 0.15) is 6.79 Å². The second-order valence-electron chi connectivity index (χ2n) is 4.50.